The van der Waals surface area contributed by atoms with Crippen molar-refractivity contribution in [3.05, 3.63) is 58.1 Å². The van der Waals surface area contributed by atoms with Crippen molar-refractivity contribution in [3.63, 3.8) is 0 Å². The number of aromatic hydroxyl groups is 1. The van der Waals surface area contributed by atoms with Crippen LogP contribution in [-0.2, 0) is 13.0 Å². The quantitative estimate of drug-likeness (QED) is 0.697. The van der Waals surface area contributed by atoms with E-state index in [-0.39, 0.29) is 11.7 Å². The van der Waals surface area contributed by atoms with Gasteiger partial charge >= 0.3 is 0 Å². The lowest BCUT2D eigenvalue weighted by atomic mass is 10.0. The minimum absolute atomic E-state index is 0.0122. The summed E-state index contributed by atoms with van der Waals surface area (Å²) >= 11 is 3.42. The highest BCUT2D eigenvalue weighted by atomic mass is 79.9. The van der Waals surface area contributed by atoms with Gasteiger partial charge in [-0.2, -0.15) is 0 Å². The minimum atomic E-state index is -0.142. The van der Waals surface area contributed by atoms with E-state index in [0.29, 0.717) is 30.7 Å². The maximum atomic E-state index is 12.6. The van der Waals surface area contributed by atoms with Gasteiger partial charge in [-0.25, -0.2) is 9.97 Å². The number of halogens is 1. The number of amides is 1. The van der Waals surface area contributed by atoms with Gasteiger partial charge in [0.1, 0.15) is 5.75 Å². The molecule has 6 nitrogen and oxygen atoms in total. The Balaban J connectivity index is 1.66. The van der Waals surface area contributed by atoms with Gasteiger partial charge in [0, 0.05) is 47.5 Å². The fraction of sp³-hybridized carbons (Fsp3) is 0.176. The zero-order chi connectivity index (χ0) is 16.7. The molecule has 0 saturated carbocycles. The topological polar surface area (TPSA) is 79.2 Å². The molecule has 0 fully saturated rings. The van der Waals surface area contributed by atoms with Crippen LogP contribution in [0.25, 0.3) is 11.0 Å². The summed E-state index contributed by atoms with van der Waals surface area (Å²) in [5.41, 5.74) is 3.11. The number of hydrogen-bond acceptors (Lipinski definition) is 5. The van der Waals surface area contributed by atoms with Gasteiger partial charge in [-0.05, 0) is 39.7 Å². The third-order valence-electron chi connectivity index (χ3n) is 4.04. The molecule has 120 valence electrons. The van der Waals surface area contributed by atoms with E-state index in [1.54, 1.807) is 11.1 Å². The summed E-state index contributed by atoms with van der Waals surface area (Å²) in [6.07, 6.45) is 5.19. The highest BCUT2D eigenvalue weighted by molar-refractivity contribution is 9.10. The lowest BCUT2D eigenvalue weighted by Crippen LogP contribution is -2.36. The largest absolute Gasteiger partial charge is 0.506 e. The SMILES string of the molecule is O=C(c1cncc(O)c1)N1CCc2nc3ncc(Br)cc3cc2C1. The van der Waals surface area contributed by atoms with E-state index in [1.165, 1.54) is 18.5 Å². The molecule has 0 spiro atoms. The van der Waals surface area contributed by atoms with Crippen molar-refractivity contribution in [1.82, 2.24) is 19.9 Å². The highest BCUT2D eigenvalue weighted by Gasteiger charge is 2.23. The van der Waals surface area contributed by atoms with Crippen molar-refractivity contribution in [2.75, 3.05) is 6.54 Å². The van der Waals surface area contributed by atoms with E-state index in [9.17, 15) is 9.90 Å². The van der Waals surface area contributed by atoms with Gasteiger partial charge in [-0.1, -0.05) is 0 Å². The van der Waals surface area contributed by atoms with E-state index >= 15 is 0 Å². The molecule has 7 heteroatoms. The van der Waals surface area contributed by atoms with E-state index < -0.39 is 0 Å². The van der Waals surface area contributed by atoms with Crippen molar-refractivity contribution in [2.45, 2.75) is 13.0 Å². The van der Waals surface area contributed by atoms with Gasteiger partial charge in [-0.3, -0.25) is 9.78 Å². The number of hydrogen-bond donors (Lipinski definition) is 1. The molecular formula is C17H13BrN4O2. The summed E-state index contributed by atoms with van der Waals surface area (Å²) in [6.45, 7) is 1.07. The van der Waals surface area contributed by atoms with Crippen LogP contribution in [0.2, 0.25) is 0 Å². The smallest absolute Gasteiger partial charge is 0.255 e. The molecule has 0 atom stereocenters. The second kappa shape index (κ2) is 5.83. The zero-order valence-corrected chi connectivity index (χ0v) is 14.2. The second-order valence-corrected chi connectivity index (χ2v) is 6.62. The van der Waals surface area contributed by atoms with Gasteiger partial charge in [0.05, 0.1) is 11.8 Å². The van der Waals surface area contributed by atoms with Crippen LogP contribution < -0.4 is 0 Å². The molecule has 4 heterocycles. The number of aromatic nitrogens is 3. The summed E-state index contributed by atoms with van der Waals surface area (Å²) in [6, 6.07) is 5.44. The maximum Gasteiger partial charge on any atom is 0.255 e. The van der Waals surface area contributed by atoms with Crippen LogP contribution >= 0.6 is 15.9 Å². The molecule has 1 amide bonds. The average Bonchev–Trinajstić information content (AvgIpc) is 2.59. The van der Waals surface area contributed by atoms with Crippen LogP contribution in [0.4, 0.5) is 0 Å². The van der Waals surface area contributed by atoms with Gasteiger partial charge in [0.25, 0.3) is 5.91 Å². The molecule has 1 aliphatic heterocycles. The molecule has 0 radical (unpaired) electrons. The van der Waals surface area contributed by atoms with Crippen LogP contribution in [0.1, 0.15) is 21.6 Å². The van der Waals surface area contributed by atoms with Crippen molar-refractivity contribution in [2.24, 2.45) is 0 Å². The summed E-state index contributed by atoms with van der Waals surface area (Å²) in [5.74, 6) is -0.154. The molecule has 0 unspecified atom stereocenters. The Morgan fingerprint density at radius 3 is 2.92 bits per heavy atom. The molecule has 3 aromatic heterocycles. The Labute approximate surface area is 146 Å². The van der Waals surface area contributed by atoms with Crippen molar-refractivity contribution in [3.8, 4) is 5.75 Å². The lowest BCUT2D eigenvalue weighted by molar-refractivity contribution is 0.0733. The number of carbonyl (C=O) groups is 1. The molecular weight excluding hydrogens is 372 g/mol. The molecule has 24 heavy (non-hydrogen) atoms. The highest BCUT2D eigenvalue weighted by Crippen LogP contribution is 2.24. The fourth-order valence-electron chi connectivity index (χ4n) is 2.90. The van der Waals surface area contributed by atoms with Gasteiger partial charge in [0.15, 0.2) is 5.65 Å². The first-order valence-electron chi connectivity index (χ1n) is 7.47. The van der Waals surface area contributed by atoms with Crippen molar-refractivity contribution < 1.29 is 9.90 Å². The molecule has 1 N–H and O–H groups in total. The molecule has 0 saturated heterocycles. The maximum absolute atomic E-state index is 12.6. The van der Waals surface area contributed by atoms with Crippen LogP contribution in [-0.4, -0.2) is 37.4 Å². The van der Waals surface area contributed by atoms with E-state index in [4.69, 9.17) is 0 Å². The first kappa shape index (κ1) is 15.0. The van der Waals surface area contributed by atoms with Crippen LogP contribution in [0.3, 0.4) is 0 Å². The van der Waals surface area contributed by atoms with Gasteiger partial charge < -0.3 is 10.0 Å². The normalized spacial score (nSPS) is 13.8. The van der Waals surface area contributed by atoms with Gasteiger partial charge in [-0.15, -0.1) is 0 Å². The molecule has 0 aliphatic carbocycles. The molecule has 0 bridgehead atoms. The number of carbonyl (C=O) groups excluding carboxylic acids is 1. The third-order valence-corrected chi connectivity index (χ3v) is 4.47. The summed E-state index contributed by atoms with van der Waals surface area (Å²) < 4.78 is 0.895. The van der Waals surface area contributed by atoms with Crippen LogP contribution in [0.15, 0.2) is 41.3 Å². The monoisotopic (exact) mass is 384 g/mol. The molecule has 0 aromatic carbocycles. The van der Waals surface area contributed by atoms with Crippen molar-refractivity contribution >= 4 is 32.9 Å². The van der Waals surface area contributed by atoms with Crippen molar-refractivity contribution in [1.29, 1.82) is 0 Å². The molecule has 4 rings (SSSR count). The Bertz CT molecular complexity index is 960. The zero-order valence-electron chi connectivity index (χ0n) is 12.6. The Kier molecular flexibility index (Phi) is 3.65. The first-order chi connectivity index (χ1) is 11.6. The first-order valence-corrected chi connectivity index (χ1v) is 8.27. The Hall–Kier alpha value is -2.54. The summed E-state index contributed by atoms with van der Waals surface area (Å²) in [5, 5.41) is 10.4. The standard InChI is InChI=1S/C17H13BrN4O2/c18-13-4-10-3-12-9-22(2-1-15(12)21-16(10)20-7-13)17(24)11-5-14(23)8-19-6-11/h3-8,23H,1-2,9H2. The Morgan fingerprint density at radius 1 is 1.21 bits per heavy atom. The third kappa shape index (κ3) is 2.71. The molecule has 1 aliphatic rings. The predicted molar refractivity (Wildman–Crippen MR) is 91.6 cm³/mol. The van der Waals surface area contributed by atoms with E-state index in [0.717, 1.165) is 21.1 Å². The number of pyridine rings is 3. The van der Waals surface area contributed by atoms with Crippen LogP contribution in [0.5, 0.6) is 5.75 Å². The lowest BCUT2D eigenvalue weighted by Gasteiger charge is -2.28. The van der Waals surface area contributed by atoms with E-state index in [2.05, 4.69) is 30.9 Å². The summed E-state index contributed by atoms with van der Waals surface area (Å²) in [7, 11) is 0. The predicted octanol–water partition coefficient (Wildman–Crippen LogP) is 2.69. The number of nitrogens with zero attached hydrogens (tertiary/aromatic N) is 4. The average molecular weight is 385 g/mol. The minimum Gasteiger partial charge on any atom is -0.506 e. The van der Waals surface area contributed by atoms with Crippen LogP contribution in [0, 0.1) is 0 Å². The van der Waals surface area contributed by atoms with E-state index in [1.807, 2.05) is 12.1 Å². The summed E-state index contributed by atoms with van der Waals surface area (Å²) in [4.78, 5) is 27.2. The fourth-order valence-corrected chi connectivity index (χ4v) is 3.25. The number of rotatable bonds is 1. The number of fused-ring (bicyclic) bond motifs is 2. The Morgan fingerprint density at radius 2 is 2.08 bits per heavy atom. The van der Waals surface area contributed by atoms with Gasteiger partial charge in [0.2, 0.25) is 0 Å². The second-order valence-electron chi connectivity index (χ2n) is 5.70. The molecule has 3 aromatic rings.